The van der Waals surface area contributed by atoms with Crippen LogP contribution in [0.25, 0.3) is 32.1 Å². The molecule has 0 aliphatic carbocycles. The molecule has 4 rings (SSSR count). The highest BCUT2D eigenvalue weighted by atomic mass is 35.5. The molecule has 5 heteroatoms. The molecule has 26 heavy (non-hydrogen) atoms. The summed E-state index contributed by atoms with van der Waals surface area (Å²) in [7, 11) is 1.64. The van der Waals surface area contributed by atoms with Gasteiger partial charge in [-0.15, -0.1) is 11.3 Å². The predicted octanol–water partition coefficient (Wildman–Crippen LogP) is 6.02. The molecule has 0 atom stereocenters. The minimum Gasteiger partial charge on any atom is -0.496 e. The number of methoxy groups -OCH3 is 1. The standard InChI is InChI=1S/C21H18ClNO2S/c1-3-4-12-5-7-13(8-6-12)17-16(25-2)11-15(22)19-18(17)14-9-10-26-20(14)21(24)23-19/h5-11H,3-4H2,1-2H3,(H,23,24). The number of benzene rings is 2. The summed E-state index contributed by atoms with van der Waals surface area (Å²) < 4.78 is 6.35. The number of nitrogens with one attached hydrogen (secondary N) is 1. The number of hydrogen-bond acceptors (Lipinski definition) is 3. The summed E-state index contributed by atoms with van der Waals surface area (Å²) >= 11 is 7.89. The fourth-order valence-corrected chi connectivity index (χ4v) is 4.48. The van der Waals surface area contributed by atoms with Gasteiger partial charge < -0.3 is 9.72 Å². The number of H-pyrrole nitrogens is 1. The fourth-order valence-electron chi connectivity index (χ4n) is 3.45. The minimum absolute atomic E-state index is 0.112. The zero-order valence-corrected chi connectivity index (χ0v) is 16.1. The van der Waals surface area contributed by atoms with E-state index in [0.29, 0.717) is 21.0 Å². The Morgan fingerprint density at radius 3 is 2.65 bits per heavy atom. The van der Waals surface area contributed by atoms with Gasteiger partial charge in [-0.2, -0.15) is 0 Å². The lowest BCUT2D eigenvalue weighted by atomic mass is 9.96. The first kappa shape index (κ1) is 17.1. The zero-order chi connectivity index (χ0) is 18.3. The van der Waals surface area contributed by atoms with Gasteiger partial charge >= 0.3 is 0 Å². The Bertz CT molecular complexity index is 1160. The highest BCUT2D eigenvalue weighted by Gasteiger charge is 2.18. The molecule has 0 saturated heterocycles. The van der Waals surface area contributed by atoms with Gasteiger partial charge in [-0.05, 0) is 29.0 Å². The number of aryl methyl sites for hydroxylation is 1. The van der Waals surface area contributed by atoms with Crippen molar-refractivity contribution in [2.45, 2.75) is 19.8 Å². The van der Waals surface area contributed by atoms with Gasteiger partial charge in [-0.1, -0.05) is 49.2 Å². The first-order valence-corrected chi connectivity index (χ1v) is 9.78. The first-order chi connectivity index (χ1) is 12.6. The largest absolute Gasteiger partial charge is 0.496 e. The van der Waals surface area contributed by atoms with E-state index >= 15 is 0 Å². The number of ether oxygens (including phenoxy) is 1. The van der Waals surface area contributed by atoms with E-state index in [0.717, 1.165) is 34.7 Å². The third-order valence-electron chi connectivity index (χ3n) is 4.62. The molecule has 132 valence electrons. The van der Waals surface area contributed by atoms with Crippen LogP contribution in [0.1, 0.15) is 18.9 Å². The van der Waals surface area contributed by atoms with Crippen molar-refractivity contribution in [2.24, 2.45) is 0 Å². The molecule has 2 aromatic carbocycles. The molecule has 2 aromatic heterocycles. The first-order valence-electron chi connectivity index (χ1n) is 8.53. The SMILES string of the molecule is CCCc1ccc(-c2c(OC)cc(Cl)c3[nH]c(=O)c4sccc4c23)cc1. The second-order valence-electron chi connectivity index (χ2n) is 6.25. The summed E-state index contributed by atoms with van der Waals surface area (Å²) in [6.45, 7) is 2.17. The van der Waals surface area contributed by atoms with Gasteiger partial charge in [0.2, 0.25) is 0 Å². The molecular weight excluding hydrogens is 366 g/mol. The van der Waals surface area contributed by atoms with Crippen LogP contribution in [0.2, 0.25) is 5.02 Å². The van der Waals surface area contributed by atoms with Crippen molar-refractivity contribution in [2.75, 3.05) is 7.11 Å². The number of aromatic nitrogens is 1. The van der Waals surface area contributed by atoms with Crippen LogP contribution in [0.3, 0.4) is 0 Å². The molecule has 3 nitrogen and oxygen atoms in total. The second-order valence-corrected chi connectivity index (χ2v) is 7.57. The highest BCUT2D eigenvalue weighted by Crippen LogP contribution is 2.43. The lowest BCUT2D eigenvalue weighted by Gasteiger charge is -2.15. The van der Waals surface area contributed by atoms with Crippen molar-refractivity contribution >= 4 is 43.9 Å². The Labute approximate surface area is 160 Å². The number of rotatable bonds is 4. The van der Waals surface area contributed by atoms with Crippen molar-refractivity contribution in [3.63, 3.8) is 0 Å². The Kier molecular flexibility index (Phi) is 4.47. The number of fused-ring (bicyclic) bond motifs is 3. The summed E-state index contributed by atoms with van der Waals surface area (Å²) in [6, 6.07) is 12.3. The average Bonchev–Trinajstić information content (AvgIpc) is 3.14. The molecule has 0 saturated carbocycles. The highest BCUT2D eigenvalue weighted by molar-refractivity contribution is 7.17. The van der Waals surface area contributed by atoms with Crippen LogP contribution in [-0.4, -0.2) is 12.1 Å². The van der Waals surface area contributed by atoms with E-state index in [1.54, 1.807) is 13.2 Å². The summed E-state index contributed by atoms with van der Waals surface area (Å²) in [5.41, 5.74) is 3.84. The maximum Gasteiger partial charge on any atom is 0.266 e. The van der Waals surface area contributed by atoms with Crippen molar-refractivity contribution in [1.29, 1.82) is 0 Å². The molecule has 0 radical (unpaired) electrons. The molecule has 2 heterocycles. The third-order valence-corrected chi connectivity index (χ3v) is 5.83. The third kappa shape index (κ3) is 2.70. The van der Waals surface area contributed by atoms with Crippen LogP contribution in [0.4, 0.5) is 0 Å². The van der Waals surface area contributed by atoms with Gasteiger partial charge in [0.15, 0.2) is 0 Å². The molecule has 0 aliphatic rings. The summed E-state index contributed by atoms with van der Waals surface area (Å²) in [4.78, 5) is 15.3. The second kappa shape index (κ2) is 6.78. The van der Waals surface area contributed by atoms with Gasteiger partial charge in [0, 0.05) is 22.4 Å². The van der Waals surface area contributed by atoms with Crippen LogP contribution in [-0.2, 0) is 6.42 Å². The van der Waals surface area contributed by atoms with Crippen LogP contribution in [0.5, 0.6) is 5.75 Å². The topological polar surface area (TPSA) is 42.1 Å². The quantitative estimate of drug-likeness (QED) is 0.467. The normalized spacial score (nSPS) is 11.3. The smallest absolute Gasteiger partial charge is 0.266 e. The molecule has 0 aliphatic heterocycles. The molecule has 0 spiro atoms. The van der Waals surface area contributed by atoms with Crippen molar-refractivity contribution in [1.82, 2.24) is 4.98 Å². The summed E-state index contributed by atoms with van der Waals surface area (Å²) in [5.74, 6) is 0.699. The number of halogens is 1. The van der Waals surface area contributed by atoms with Gasteiger partial charge in [-0.25, -0.2) is 0 Å². The lowest BCUT2D eigenvalue weighted by molar-refractivity contribution is 0.417. The average molecular weight is 384 g/mol. The van der Waals surface area contributed by atoms with Crippen LogP contribution >= 0.6 is 22.9 Å². The van der Waals surface area contributed by atoms with E-state index in [9.17, 15) is 4.79 Å². The molecule has 0 amide bonds. The van der Waals surface area contributed by atoms with E-state index < -0.39 is 0 Å². The number of thiophene rings is 1. The van der Waals surface area contributed by atoms with Crippen molar-refractivity contribution in [3.05, 3.63) is 62.7 Å². The zero-order valence-electron chi connectivity index (χ0n) is 14.6. The molecule has 0 fully saturated rings. The fraction of sp³-hybridized carbons (Fsp3) is 0.190. The van der Waals surface area contributed by atoms with E-state index in [4.69, 9.17) is 16.3 Å². The number of hydrogen-bond donors (Lipinski definition) is 1. The molecular formula is C21H18ClNO2S. The summed E-state index contributed by atoms with van der Waals surface area (Å²) in [5, 5.41) is 4.24. The number of aromatic amines is 1. The molecule has 0 bridgehead atoms. The Morgan fingerprint density at radius 2 is 1.96 bits per heavy atom. The lowest BCUT2D eigenvalue weighted by Crippen LogP contribution is -2.05. The van der Waals surface area contributed by atoms with E-state index in [1.807, 2.05) is 11.4 Å². The van der Waals surface area contributed by atoms with Gasteiger partial charge in [-0.3, -0.25) is 4.79 Å². The van der Waals surface area contributed by atoms with Gasteiger partial charge in [0.1, 0.15) is 10.4 Å². The van der Waals surface area contributed by atoms with Gasteiger partial charge in [0.05, 0.1) is 17.6 Å². The molecule has 1 N–H and O–H groups in total. The predicted molar refractivity (Wildman–Crippen MR) is 111 cm³/mol. The van der Waals surface area contributed by atoms with E-state index in [2.05, 4.69) is 36.2 Å². The van der Waals surface area contributed by atoms with Crippen LogP contribution in [0.15, 0.2) is 46.6 Å². The van der Waals surface area contributed by atoms with Crippen molar-refractivity contribution in [3.8, 4) is 16.9 Å². The van der Waals surface area contributed by atoms with Crippen LogP contribution in [0, 0.1) is 0 Å². The minimum atomic E-state index is -0.112. The maximum atomic E-state index is 12.4. The Hall–Kier alpha value is -2.30. The summed E-state index contributed by atoms with van der Waals surface area (Å²) in [6.07, 6.45) is 2.17. The number of pyridine rings is 1. The van der Waals surface area contributed by atoms with Crippen LogP contribution < -0.4 is 10.3 Å². The Morgan fingerprint density at radius 1 is 1.19 bits per heavy atom. The monoisotopic (exact) mass is 383 g/mol. The molecule has 4 aromatic rings. The molecule has 0 unspecified atom stereocenters. The van der Waals surface area contributed by atoms with Gasteiger partial charge in [0.25, 0.3) is 5.56 Å². The Balaban J connectivity index is 2.11. The van der Waals surface area contributed by atoms with Crippen molar-refractivity contribution < 1.29 is 4.74 Å². The van der Waals surface area contributed by atoms with E-state index in [-0.39, 0.29) is 5.56 Å². The maximum absolute atomic E-state index is 12.4. The van der Waals surface area contributed by atoms with E-state index in [1.165, 1.54) is 16.9 Å².